The summed E-state index contributed by atoms with van der Waals surface area (Å²) in [6, 6.07) is 11.3. The Kier molecular flexibility index (Phi) is 8.24. The molecular formula is C21H21Cl2NO2S. The molecule has 2 rings (SSSR count). The third kappa shape index (κ3) is 6.32. The first-order valence-corrected chi connectivity index (χ1v) is 9.55. The molecule has 0 saturated carbocycles. The van der Waals surface area contributed by atoms with Gasteiger partial charge < -0.3 is 14.8 Å². The highest BCUT2D eigenvalue weighted by molar-refractivity contribution is 7.80. The van der Waals surface area contributed by atoms with Crippen LogP contribution in [0.25, 0.3) is 0 Å². The number of hydrogen-bond acceptors (Lipinski definition) is 3. The number of methoxy groups -OCH3 is 1. The fourth-order valence-corrected chi connectivity index (χ4v) is 3.01. The molecule has 0 radical (unpaired) electrons. The molecule has 27 heavy (non-hydrogen) atoms. The number of hydrogen-bond donors (Lipinski definition) is 1. The Balaban J connectivity index is 1.95. The van der Waals surface area contributed by atoms with E-state index in [1.807, 2.05) is 30.3 Å². The lowest BCUT2D eigenvalue weighted by Crippen LogP contribution is -2.28. The summed E-state index contributed by atoms with van der Waals surface area (Å²) in [5.74, 6) is 3.89. The third-order valence-electron chi connectivity index (χ3n) is 3.98. The minimum Gasteiger partial charge on any atom is -0.493 e. The summed E-state index contributed by atoms with van der Waals surface area (Å²) >= 11 is 17.5. The minimum atomic E-state index is 0.157. The van der Waals surface area contributed by atoms with Crippen molar-refractivity contribution in [1.82, 2.24) is 5.32 Å². The third-order valence-corrected chi connectivity index (χ3v) is 5.27. The maximum Gasteiger partial charge on any atom is 0.162 e. The number of benzene rings is 2. The lowest BCUT2D eigenvalue weighted by atomic mass is 10.0. The second-order valence-corrected chi connectivity index (χ2v) is 7.30. The zero-order valence-corrected chi connectivity index (χ0v) is 17.5. The highest BCUT2D eigenvalue weighted by Crippen LogP contribution is 2.29. The second kappa shape index (κ2) is 10.4. The van der Waals surface area contributed by atoms with E-state index in [-0.39, 0.29) is 12.5 Å². The van der Waals surface area contributed by atoms with Crippen LogP contribution in [0.15, 0.2) is 36.4 Å². The van der Waals surface area contributed by atoms with E-state index in [1.165, 1.54) is 0 Å². The summed E-state index contributed by atoms with van der Waals surface area (Å²) in [6.45, 7) is 2.89. The molecule has 142 valence electrons. The predicted octanol–water partition coefficient (Wildman–Crippen LogP) is 5.31. The van der Waals surface area contributed by atoms with Crippen molar-refractivity contribution in [1.29, 1.82) is 0 Å². The summed E-state index contributed by atoms with van der Waals surface area (Å²) in [4.78, 5) is 0.785. The average Bonchev–Trinajstić information content (AvgIpc) is 2.67. The molecule has 0 aliphatic heterocycles. The van der Waals surface area contributed by atoms with Crippen LogP contribution in [0.3, 0.4) is 0 Å². The second-order valence-electron chi connectivity index (χ2n) is 6.05. The van der Waals surface area contributed by atoms with Crippen LogP contribution in [-0.4, -0.2) is 18.7 Å². The first-order valence-electron chi connectivity index (χ1n) is 8.39. The fourth-order valence-electron chi connectivity index (χ4n) is 2.54. The summed E-state index contributed by atoms with van der Waals surface area (Å²) in [7, 11) is 1.61. The molecule has 2 aromatic carbocycles. The number of thiocarbonyl (C=S) groups is 1. The zero-order valence-electron chi connectivity index (χ0n) is 15.2. The van der Waals surface area contributed by atoms with Crippen molar-refractivity contribution in [3.63, 3.8) is 0 Å². The van der Waals surface area contributed by atoms with Crippen molar-refractivity contribution >= 4 is 40.4 Å². The Morgan fingerprint density at radius 3 is 2.56 bits per heavy atom. The number of halogens is 2. The normalized spacial score (nSPS) is 11.4. The van der Waals surface area contributed by atoms with Gasteiger partial charge in [0.25, 0.3) is 0 Å². The molecule has 0 fully saturated rings. The Morgan fingerprint density at radius 2 is 1.89 bits per heavy atom. The van der Waals surface area contributed by atoms with Gasteiger partial charge in [-0.1, -0.05) is 60.4 Å². The first-order chi connectivity index (χ1) is 12.9. The van der Waals surface area contributed by atoms with Crippen LogP contribution in [0.2, 0.25) is 10.0 Å². The molecular weight excluding hydrogens is 401 g/mol. The monoisotopic (exact) mass is 421 g/mol. The van der Waals surface area contributed by atoms with Gasteiger partial charge in [0.2, 0.25) is 0 Å². The predicted molar refractivity (Wildman–Crippen MR) is 116 cm³/mol. The molecule has 0 aliphatic rings. The van der Waals surface area contributed by atoms with Crippen molar-refractivity contribution < 1.29 is 9.47 Å². The molecule has 2 aromatic rings. The lowest BCUT2D eigenvalue weighted by molar-refractivity contribution is 0.330. The minimum absolute atomic E-state index is 0.157. The summed E-state index contributed by atoms with van der Waals surface area (Å²) < 4.78 is 10.9. The SMILES string of the molecule is C#CCOc1ccc(CC(C)C(=S)NCc2ccc(Cl)c(Cl)c2)cc1OC. The van der Waals surface area contributed by atoms with Gasteiger partial charge >= 0.3 is 0 Å². The Hall–Kier alpha value is -1.93. The van der Waals surface area contributed by atoms with Crippen LogP contribution in [0.1, 0.15) is 18.1 Å². The molecule has 0 amide bonds. The van der Waals surface area contributed by atoms with Gasteiger partial charge in [-0.2, -0.15) is 0 Å². The van der Waals surface area contributed by atoms with Crippen LogP contribution < -0.4 is 14.8 Å². The van der Waals surface area contributed by atoms with Crippen molar-refractivity contribution in [3.8, 4) is 23.8 Å². The summed E-state index contributed by atoms with van der Waals surface area (Å²) in [5.41, 5.74) is 2.13. The zero-order chi connectivity index (χ0) is 19.8. The molecule has 0 aromatic heterocycles. The fraction of sp³-hybridized carbons (Fsp3) is 0.286. The molecule has 0 spiro atoms. The molecule has 1 atom stereocenters. The van der Waals surface area contributed by atoms with E-state index in [1.54, 1.807) is 13.2 Å². The maximum atomic E-state index is 6.05. The van der Waals surface area contributed by atoms with E-state index in [9.17, 15) is 0 Å². The smallest absolute Gasteiger partial charge is 0.162 e. The highest BCUT2D eigenvalue weighted by Gasteiger charge is 2.12. The molecule has 1 unspecified atom stereocenters. The van der Waals surface area contributed by atoms with Gasteiger partial charge in [-0.3, -0.25) is 0 Å². The molecule has 6 heteroatoms. The van der Waals surface area contributed by atoms with Crippen LogP contribution in [0, 0.1) is 18.3 Å². The molecule has 1 N–H and O–H groups in total. The number of terminal acetylenes is 1. The number of rotatable bonds is 8. The van der Waals surface area contributed by atoms with E-state index in [0.29, 0.717) is 28.1 Å². The van der Waals surface area contributed by atoms with E-state index in [0.717, 1.165) is 22.5 Å². The highest BCUT2D eigenvalue weighted by atomic mass is 35.5. The van der Waals surface area contributed by atoms with E-state index < -0.39 is 0 Å². The topological polar surface area (TPSA) is 30.5 Å². The largest absolute Gasteiger partial charge is 0.493 e. The first kappa shape index (κ1) is 21.4. The lowest BCUT2D eigenvalue weighted by Gasteiger charge is -2.17. The van der Waals surface area contributed by atoms with Gasteiger partial charge in [0.15, 0.2) is 11.5 Å². The average molecular weight is 422 g/mol. The van der Waals surface area contributed by atoms with E-state index in [2.05, 4.69) is 18.2 Å². The molecule has 3 nitrogen and oxygen atoms in total. The van der Waals surface area contributed by atoms with Crippen molar-refractivity contribution in [3.05, 3.63) is 57.6 Å². The van der Waals surface area contributed by atoms with Gasteiger partial charge in [0.1, 0.15) is 6.61 Å². The van der Waals surface area contributed by atoms with Crippen molar-refractivity contribution in [2.45, 2.75) is 19.9 Å². The molecule has 0 saturated heterocycles. The number of ether oxygens (including phenoxy) is 2. The Labute approximate surface area is 176 Å². The van der Waals surface area contributed by atoms with Gasteiger partial charge in [-0.05, 0) is 41.8 Å². The van der Waals surface area contributed by atoms with Gasteiger partial charge in [-0.15, -0.1) is 6.42 Å². The Bertz CT molecular complexity index is 849. The van der Waals surface area contributed by atoms with E-state index >= 15 is 0 Å². The standard InChI is InChI=1S/C21H21Cl2NO2S/c1-4-9-26-19-8-6-15(12-20(19)25-3)10-14(2)21(27)24-13-16-5-7-17(22)18(23)11-16/h1,5-8,11-12,14H,9-10,13H2,2-3H3,(H,24,27). The van der Waals surface area contributed by atoms with Crippen LogP contribution >= 0.6 is 35.4 Å². The van der Waals surface area contributed by atoms with Gasteiger partial charge in [0.05, 0.1) is 22.1 Å². The van der Waals surface area contributed by atoms with Gasteiger partial charge in [-0.25, -0.2) is 0 Å². The molecule has 0 bridgehead atoms. The maximum absolute atomic E-state index is 6.05. The van der Waals surface area contributed by atoms with Crippen molar-refractivity contribution in [2.75, 3.05) is 13.7 Å². The Morgan fingerprint density at radius 1 is 1.15 bits per heavy atom. The summed E-state index contributed by atoms with van der Waals surface area (Å²) in [5, 5.41) is 4.36. The molecule has 0 heterocycles. The molecule has 0 aliphatic carbocycles. The summed E-state index contributed by atoms with van der Waals surface area (Å²) in [6.07, 6.45) is 6.01. The van der Waals surface area contributed by atoms with Crippen LogP contribution in [0.4, 0.5) is 0 Å². The van der Waals surface area contributed by atoms with Crippen LogP contribution in [0.5, 0.6) is 11.5 Å². The number of nitrogens with one attached hydrogen (secondary N) is 1. The van der Waals surface area contributed by atoms with Gasteiger partial charge in [0, 0.05) is 12.5 Å². The van der Waals surface area contributed by atoms with E-state index in [4.69, 9.17) is 51.3 Å². The van der Waals surface area contributed by atoms with Crippen molar-refractivity contribution in [2.24, 2.45) is 5.92 Å². The quantitative estimate of drug-likeness (QED) is 0.461. The van der Waals surface area contributed by atoms with Crippen LogP contribution in [-0.2, 0) is 13.0 Å².